The van der Waals surface area contributed by atoms with E-state index in [1.165, 1.54) is 71.0 Å². The highest BCUT2D eigenvalue weighted by atomic mass is 35.5. The number of fused-ring (bicyclic) bond motifs is 2. The number of hydrogen-bond donors (Lipinski definition) is 6. The van der Waals surface area contributed by atoms with E-state index in [0.29, 0.717) is 48.7 Å². The molecule has 0 spiro atoms. The van der Waals surface area contributed by atoms with Crippen molar-refractivity contribution in [3.8, 4) is 33.9 Å². The standard InChI is InChI=1S/C46H40ClF3N10O5/c1-46(2,45(64)58-17-13-51-14-18-58)29-12-11-27(55-39-37-43(62)52-15-19-59(37)40(56-39)34-30(47)5-4-6-31(34)48)23-28(29)25-21-32(49)35(33(50)22-25)41-57-38(36-42(61)53-16-20-60(36)41)54-26-9-7-24(8-10-26)44(63)65-3/h4-12,15-16,19-23,45,51,54-55,64H,13-14,17-18H2,1-3H3,(H,52,62)(H,53,61). The van der Waals surface area contributed by atoms with E-state index in [1.807, 2.05) is 18.7 Å². The van der Waals surface area contributed by atoms with Crippen LogP contribution >= 0.6 is 11.6 Å². The normalized spacial score (nSPS) is 13.9. The van der Waals surface area contributed by atoms with Gasteiger partial charge in [0.1, 0.15) is 23.7 Å². The summed E-state index contributed by atoms with van der Waals surface area (Å²) >= 11 is 6.44. The highest BCUT2D eigenvalue weighted by molar-refractivity contribution is 6.33. The number of imidazole rings is 2. The Balaban J connectivity index is 1.16. The number of piperazine rings is 1. The number of benzene rings is 4. The van der Waals surface area contributed by atoms with E-state index in [2.05, 4.69) is 35.9 Å². The number of aromatic amines is 2. The molecule has 0 amide bonds. The van der Waals surface area contributed by atoms with Crippen LogP contribution in [0.3, 0.4) is 0 Å². The molecule has 4 aromatic carbocycles. The molecule has 1 unspecified atom stereocenters. The molecule has 4 aromatic heterocycles. The summed E-state index contributed by atoms with van der Waals surface area (Å²) in [6.07, 6.45) is 4.62. The minimum absolute atomic E-state index is 0.00802. The van der Waals surface area contributed by atoms with Crippen molar-refractivity contribution in [2.24, 2.45) is 0 Å². The highest BCUT2D eigenvalue weighted by Crippen LogP contribution is 2.42. The van der Waals surface area contributed by atoms with Crippen LogP contribution in [0.1, 0.15) is 29.8 Å². The van der Waals surface area contributed by atoms with Crippen LogP contribution in [-0.2, 0) is 10.2 Å². The monoisotopic (exact) mass is 904 g/mol. The van der Waals surface area contributed by atoms with Crippen LogP contribution in [0.5, 0.6) is 0 Å². The molecule has 1 atom stereocenters. The second-order valence-electron chi connectivity index (χ2n) is 16.0. The van der Waals surface area contributed by atoms with Crippen molar-refractivity contribution in [3.63, 3.8) is 0 Å². The van der Waals surface area contributed by atoms with Crippen LogP contribution in [0.25, 0.3) is 44.9 Å². The predicted molar refractivity (Wildman–Crippen MR) is 241 cm³/mol. The van der Waals surface area contributed by atoms with Crippen molar-refractivity contribution in [1.29, 1.82) is 0 Å². The first-order chi connectivity index (χ1) is 31.2. The van der Waals surface area contributed by atoms with E-state index in [-0.39, 0.29) is 56.0 Å². The lowest BCUT2D eigenvalue weighted by molar-refractivity contribution is -0.0508. The summed E-state index contributed by atoms with van der Waals surface area (Å²) in [6, 6.07) is 17.7. The third-order valence-electron chi connectivity index (χ3n) is 11.6. The Morgan fingerprint density at radius 2 is 1.37 bits per heavy atom. The van der Waals surface area contributed by atoms with Gasteiger partial charge in [0.05, 0.1) is 28.8 Å². The summed E-state index contributed by atoms with van der Waals surface area (Å²) in [6.45, 7) is 6.11. The SMILES string of the molecule is COC(=O)c1ccc(Nc2nc(-c3c(F)cc(-c4cc(Nc5nc(-c6c(F)cccc6Cl)n6cc[nH]c(=O)c56)ccc4C(C)(C)C(O)N4CCNCC4)cc3F)n3cc[nH]c(=O)c23)cc1. The lowest BCUT2D eigenvalue weighted by Crippen LogP contribution is -2.54. The first kappa shape index (κ1) is 43.0. The van der Waals surface area contributed by atoms with Crippen molar-refractivity contribution in [1.82, 2.24) is 39.0 Å². The molecule has 1 saturated heterocycles. The van der Waals surface area contributed by atoms with E-state index in [9.17, 15) is 19.5 Å². The van der Waals surface area contributed by atoms with Crippen LogP contribution in [0, 0.1) is 17.5 Å². The van der Waals surface area contributed by atoms with Crippen molar-refractivity contribution >= 4 is 51.6 Å². The number of aliphatic hydroxyl groups is 1. The zero-order valence-electron chi connectivity index (χ0n) is 35.0. The third kappa shape index (κ3) is 7.79. The summed E-state index contributed by atoms with van der Waals surface area (Å²) in [5.41, 5.74) is -0.690. The van der Waals surface area contributed by atoms with Gasteiger partial charge >= 0.3 is 5.97 Å². The Morgan fingerprint density at radius 1 is 0.800 bits per heavy atom. The van der Waals surface area contributed by atoms with Gasteiger partial charge in [0.15, 0.2) is 34.3 Å². The van der Waals surface area contributed by atoms with Crippen LogP contribution < -0.4 is 27.1 Å². The molecular weight excluding hydrogens is 865 g/mol. The summed E-state index contributed by atoms with van der Waals surface area (Å²) in [5, 5.41) is 21.4. The maximum absolute atomic E-state index is 16.9. The lowest BCUT2D eigenvalue weighted by atomic mass is 9.77. The molecule has 1 fully saturated rings. The van der Waals surface area contributed by atoms with Gasteiger partial charge in [-0.1, -0.05) is 37.6 Å². The van der Waals surface area contributed by atoms with Crippen LogP contribution in [0.4, 0.5) is 36.2 Å². The van der Waals surface area contributed by atoms with Crippen LogP contribution in [0.15, 0.2) is 107 Å². The minimum Gasteiger partial charge on any atom is -0.465 e. The van der Waals surface area contributed by atoms with Gasteiger partial charge in [0.2, 0.25) is 0 Å². The van der Waals surface area contributed by atoms with Gasteiger partial charge in [0, 0.05) is 67.8 Å². The minimum atomic E-state index is -1.03. The number of aromatic nitrogens is 6. The molecule has 6 N–H and O–H groups in total. The zero-order chi connectivity index (χ0) is 45.7. The number of carbonyl (C=O) groups is 1. The number of rotatable bonds is 11. The lowest BCUT2D eigenvalue weighted by Gasteiger charge is -2.41. The van der Waals surface area contributed by atoms with Crippen molar-refractivity contribution in [2.75, 3.05) is 43.9 Å². The van der Waals surface area contributed by atoms with Crippen LogP contribution in [0.2, 0.25) is 5.02 Å². The van der Waals surface area contributed by atoms with Gasteiger partial charge in [-0.2, -0.15) is 0 Å². The highest BCUT2D eigenvalue weighted by Gasteiger charge is 2.37. The number of nitrogens with zero attached hydrogens (tertiary/aromatic N) is 5. The zero-order valence-corrected chi connectivity index (χ0v) is 35.7. The number of H-pyrrole nitrogens is 2. The third-order valence-corrected chi connectivity index (χ3v) is 11.9. The molecule has 1 aliphatic rings. The van der Waals surface area contributed by atoms with E-state index in [0.717, 1.165) is 12.1 Å². The number of nitrogens with one attached hydrogen (secondary N) is 5. The molecule has 332 valence electrons. The number of ether oxygens (including phenoxy) is 1. The van der Waals surface area contributed by atoms with Gasteiger partial charge < -0.3 is 35.8 Å². The molecule has 1 aliphatic heterocycles. The second kappa shape index (κ2) is 17.0. The quantitative estimate of drug-likeness (QED) is 0.0721. The molecule has 0 aliphatic carbocycles. The molecule has 5 heterocycles. The van der Waals surface area contributed by atoms with Gasteiger partial charge in [-0.15, -0.1) is 0 Å². The molecule has 0 saturated carbocycles. The van der Waals surface area contributed by atoms with E-state index < -0.39 is 51.7 Å². The second-order valence-corrected chi connectivity index (χ2v) is 16.4. The number of hydrogen-bond acceptors (Lipinski definition) is 11. The van der Waals surface area contributed by atoms with Gasteiger partial charge in [-0.05, 0) is 77.4 Å². The maximum Gasteiger partial charge on any atom is 0.337 e. The average molecular weight is 905 g/mol. The van der Waals surface area contributed by atoms with E-state index in [4.69, 9.17) is 16.3 Å². The molecule has 0 radical (unpaired) electrons. The Labute approximate surface area is 372 Å². The topological polar surface area (TPSA) is 186 Å². The molecule has 9 rings (SSSR count). The van der Waals surface area contributed by atoms with Crippen molar-refractivity contribution in [2.45, 2.75) is 25.5 Å². The van der Waals surface area contributed by atoms with E-state index >= 15 is 13.2 Å². The molecule has 65 heavy (non-hydrogen) atoms. The summed E-state index contributed by atoms with van der Waals surface area (Å²) in [4.78, 5) is 54.8. The molecule has 15 nitrogen and oxygen atoms in total. The Hall–Kier alpha value is -7.25. The molecular formula is C46H40ClF3N10O5. The number of anilines is 4. The number of carbonyl (C=O) groups excluding carboxylic acids is 1. The summed E-state index contributed by atoms with van der Waals surface area (Å²) in [5.74, 6) is -3.35. The van der Waals surface area contributed by atoms with Gasteiger partial charge in [-0.3, -0.25) is 23.3 Å². The fourth-order valence-corrected chi connectivity index (χ4v) is 8.56. The van der Waals surface area contributed by atoms with Crippen molar-refractivity contribution < 1.29 is 27.8 Å². The van der Waals surface area contributed by atoms with E-state index in [1.54, 1.807) is 30.3 Å². The number of esters is 1. The Morgan fingerprint density at radius 3 is 1.95 bits per heavy atom. The predicted octanol–water partition coefficient (Wildman–Crippen LogP) is 7.21. The van der Waals surface area contributed by atoms with Crippen molar-refractivity contribution in [3.05, 3.63) is 152 Å². The largest absolute Gasteiger partial charge is 0.465 e. The number of halogens is 4. The van der Waals surface area contributed by atoms with Crippen LogP contribution in [-0.4, -0.2) is 84.2 Å². The Kier molecular flexibility index (Phi) is 11.3. The van der Waals surface area contributed by atoms with Gasteiger partial charge in [-0.25, -0.2) is 27.9 Å². The summed E-state index contributed by atoms with van der Waals surface area (Å²) in [7, 11) is 1.26. The molecule has 8 aromatic rings. The molecule has 19 heteroatoms. The summed E-state index contributed by atoms with van der Waals surface area (Å²) < 4.78 is 56.4. The smallest absolute Gasteiger partial charge is 0.337 e. The first-order valence-corrected chi connectivity index (χ1v) is 20.8. The Bertz CT molecular complexity index is 3230. The van der Waals surface area contributed by atoms with Gasteiger partial charge in [0.25, 0.3) is 11.1 Å². The number of aliphatic hydroxyl groups excluding tert-OH is 1. The maximum atomic E-state index is 16.9. The molecule has 0 bridgehead atoms. The average Bonchev–Trinajstić information content (AvgIpc) is 3.84. The first-order valence-electron chi connectivity index (χ1n) is 20.4. The fourth-order valence-electron chi connectivity index (χ4n) is 8.31. The number of methoxy groups -OCH3 is 1. The fraction of sp³-hybridized carbons (Fsp3) is 0.196.